The first-order valence-corrected chi connectivity index (χ1v) is 17.9. The normalized spacial score (nSPS) is 14.9. The number of aromatic nitrogens is 4. The zero-order valence-corrected chi connectivity index (χ0v) is 29.6. The highest BCUT2D eigenvalue weighted by molar-refractivity contribution is 7.92. The summed E-state index contributed by atoms with van der Waals surface area (Å²) < 4.78 is 19.9. The Hall–Kier alpha value is -4.13. The van der Waals surface area contributed by atoms with Crippen molar-refractivity contribution in [3.05, 3.63) is 88.0 Å². The molecule has 2 amide bonds. The lowest BCUT2D eigenvalue weighted by Gasteiger charge is -2.36. The fourth-order valence-corrected chi connectivity index (χ4v) is 7.43. The van der Waals surface area contributed by atoms with Crippen LogP contribution in [0.25, 0.3) is 5.69 Å². The molecule has 12 heteroatoms. The Labute approximate surface area is 286 Å². The van der Waals surface area contributed by atoms with E-state index in [2.05, 4.69) is 23.7 Å². The van der Waals surface area contributed by atoms with Gasteiger partial charge in [-0.2, -0.15) is 10.2 Å². The molecule has 2 N–H and O–H groups in total. The topological polar surface area (TPSA) is 132 Å². The summed E-state index contributed by atoms with van der Waals surface area (Å²) in [4.78, 5) is 32.4. The van der Waals surface area contributed by atoms with Crippen LogP contribution in [0.15, 0.2) is 53.4 Å². The SMILES string of the molecule is CCCCN(CCCC)C(=O)c1cc(C)n(-c2ccc(N[S+]([O-])c3c(C)nn(C)c3C)cc2C(=O)N2Cc3ccccc3C[C@H]2CO)n1. The van der Waals surface area contributed by atoms with Gasteiger partial charge >= 0.3 is 0 Å². The molecule has 2 aromatic carbocycles. The first-order chi connectivity index (χ1) is 23.1. The third kappa shape index (κ3) is 7.30. The summed E-state index contributed by atoms with van der Waals surface area (Å²) in [5.41, 5.74) is 5.87. The van der Waals surface area contributed by atoms with Gasteiger partial charge in [0.05, 0.1) is 35.3 Å². The number of aryl methyl sites for hydroxylation is 3. The van der Waals surface area contributed by atoms with E-state index in [-0.39, 0.29) is 18.4 Å². The first-order valence-electron chi connectivity index (χ1n) is 16.7. The van der Waals surface area contributed by atoms with Crippen LogP contribution >= 0.6 is 0 Å². The molecule has 0 saturated heterocycles. The number of anilines is 1. The molecular formula is C36H47N7O4S. The van der Waals surface area contributed by atoms with E-state index in [9.17, 15) is 19.2 Å². The van der Waals surface area contributed by atoms with E-state index in [1.54, 1.807) is 45.6 Å². The van der Waals surface area contributed by atoms with Crippen molar-refractivity contribution in [2.24, 2.45) is 7.05 Å². The molecular weight excluding hydrogens is 627 g/mol. The third-order valence-corrected chi connectivity index (χ3v) is 10.5. The number of carbonyl (C=O) groups is 2. The predicted octanol–water partition coefficient (Wildman–Crippen LogP) is 5.27. The molecule has 0 spiro atoms. The highest BCUT2D eigenvalue weighted by atomic mass is 32.2. The van der Waals surface area contributed by atoms with E-state index < -0.39 is 17.4 Å². The maximum absolute atomic E-state index is 14.6. The maximum atomic E-state index is 14.6. The molecule has 4 aromatic rings. The number of rotatable bonds is 13. The zero-order valence-electron chi connectivity index (χ0n) is 28.8. The minimum absolute atomic E-state index is 0.129. The molecule has 0 radical (unpaired) electrons. The lowest BCUT2D eigenvalue weighted by molar-refractivity contribution is 0.0544. The average Bonchev–Trinajstić information content (AvgIpc) is 3.59. The number of nitrogens with one attached hydrogen (secondary N) is 1. The van der Waals surface area contributed by atoms with Gasteiger partial charge in [-0.15, -0.1) is 0 Å². The van der Waals surface area contributed by atoms with Crippen LogP contribution < -0.4 is 4.72 Å². The summed E-state index contributed by atoms with van der Waals surface area (Å²) >= 11 is -1.64. The fraction of sp³-hybridized carbons (Fsp3) is 0.444. The molecule has 1 aliphatic rings. The van der Waals surface area contributed by atoms with Crippen LogP contribution in [0.2, 0.25) is 0 Å². The number of benzene rings is 2. The fourth-order valence-electron chi connectivity index (χ4n) is 6.28. The van der Waals surface area contributed by atoms with Crippen molar-refractivity contribution in [2.45, 2.75) is 84.2 Å². The van der Waals surface area contributed by atoms with Crippen molar-refractivity contribution >= 4 is 28.9 Å². The lowest BCUT2D eigenvalue weighted by atomic mass is 9.93. The van der Waals surface area contributed by atoms with Crippen LogP contribution in [0.3, 0.4) is 0 Å². The van der Waals surface area contributed by atoms with Crippen molar-refractivity contribution in [1.29, 1.82) is 0 Å². The molecule has 0 saturated carbocycles. The van der Waals surface area contributed by atoms with Crippen LogP contribution in [0.5, 0.6) is 0 Å². The van der Waals surface area contributed by atoms with Crippen LogP contribution in [-0.2, 0) is 31.4 Å². The number of aliphatic hydroxyl groups excluding tert-OH is 1. The number of nitrogens with zero attached hydrogens (tertiary/aromatic N) is 6. The summed E-state index contributed by atoms with van der Waals surface area (Å²) in [6, 6.07) is 14.5. The monoisotopic (exact) mass is 673 g/mol. The molecule has 0 fully saturated rings. The van der Waals surface area contributed by atoms with E-state index >= 15 is 0 Å². The molecule has 1 aliphatic heterocycles. The van der Waals surface area contributed by atoms with Gasteiger partial charge in [-0.3, -0.25) is 14.3 Å². The standard InChI is InChI=1S/C36H47N7O4S/c1-7-9-17-41(18-10-8-2)36(46)32-19-24(3)43(38-32)33-16-15-29(39-48(47)34-25(4)37-40(6)26(34)5)21-31(33)35(45)42-22-28-14-12-11-13-27(28)20-30(42)23-44/h11-16,19,21,30,39,44H,7-10,17-18,20,22-23H2,1-6H3/t30-,48?/m0/s1. The highest BCUT2D eigenvalue weighted by Crippen LogP contribution is 2.30. The largest absolute Gasteiger partial charge is 0.588 e. The van der Waals surface area contributed by atoms with Crippen LogP contribution in [0.1, 0.15) is 88.6 Å². The molecule has 2 aromatic heterocycles. The zero-order chi connectivity index (χ0) is 34.5. The number of aliphatic hydroxyl groups is 1. The number of carbonyl (C=O) groups excluding carboxylic acids is 2. The maximum Gasteiger partial charge on any atom is 0.274 e. The van der Waals surface area contributed by atoms with Gasteiger partial charge in [-0.05, 0) is 75.4 Å². The summed E-state index contributed by atoms with van der Waals surface area (Å²) in [7, 11) is 1.81. The van der Waals surface area contributed by atoms with Gasteiger partial charge in [0.25, 0.3) is 11.8 Å². The van der Waals surface area contributed by atoms with Crippen LogP contribution in [0, 0.1) is 20.8 Å². The Morgan fingerprint density at radius 3 is 2.33 bits per heavy atom. The number of fused-ring (bicyclic) bond motifs is 1. The first kappa shape index (κ1) is 35.2. The molecule has 0 aliphatic carbocycles. The number of amides is 2. The quantitative estimate of drug-likeness (QED) is 0.185. The van der Waals surface area contributed by atoms with Crippen molar-refractivity contribution in [3.63, 3.8) is 0 Å². The molecule has 0 bridgehead atoms. The summed E-state index contributed by atoms with van der Waals surface area (Å²) in [6.07, 6.45) is 4.31. The van der Waals surface area contributed by atoms with Gasteiger partial charge in [-0.1, -0.05) is 51.0 Å². The molecule has 256 valence electrons. The summed E-state index contributed by atoms with van der Waals surface area (Å²) in [6.45, 7) is 11.2. The molecule has 3 heterocycles. The minimum atomic E-state index is -1.64. The summed E-state index contributed by atoms with van der Waals surface area (Å²) in [5.74, 6) is -0.424. The third-order valence-electron chi connectivity index (χ3n) is 9.08. The molecule has 5 rings (SSSR count). The average molecular weight is 674 g/mol. The van der Waals surface area contributed by atoms with Gasteiger partial charge in [-0.25, -0.2) is 9.40 Å². The second-order valence-corrected chi connectivity index (χ2v) is 13.7. The Bertz CT molecular complexity index is 1760. The molecule has 11 nitrogen and oxygen atoms in total. The Balaban J connectivity index is 1.55. The van der Waals surface area contributed by atoms with E-state index in [0.717, 1.165) is 42.5 Å². The van der Waals surface area contributed by atoms with Crippen molar-refractivity contribution in [2.75, 3.05) is 24.4 Å². The van der Waals surface area contributed by atoms with Crippen molar-refractivity contribution in [1.82, 2.24) is 29.4 Å². The lowest BCUT2D eigenvalue weighted by Crippen LogP contribution is -2.46. The van der Waals surface area contributed by atoms with Gasteiger partial charge in [0.2, 0.25) is 4.90 Å². The molecule has 1 unspecified atom stereocenters. The molecule has 48 heavy (non-hydrogen) atoms. The van der Waals surface area contributed by atoms with Crippen LogP contribution in [-0.4, -0.2) is 76.6 Å². The Morgan fingerprint density at radius 2 is 1.71 bits per heavy atom. The van der Waals surface area contributed by atoms with E-state index in [4.69, 9.17) is 5.10 Å². The van der Waals surface area contributed by atoms with Gasteiger partial charge in [0.15, 0.2) is 5.69 Å². The van der Waals surface area contributed by atoms with E-state index in [1.807, 2.05) is 49.9 Å². The number of unbranched alkanes of at least 4 members (excludes halogenated alkanes) is 2. The Kier molecular flexibility index (Phi) is 11.3. The van der Waals surface area contributed by atoms with Crippen molar-refractivity contribution < 1.29 is 19.2 Å². The van der Waals surface area contributed by atoms with Gasteiger partial charge in [0.1, 0.15) is 17.1 Å². The molecule has 2 atom stereocenters. The van der Waals surface area contributed by atoms with Gasteiger partial charge in [0, 0.05) is 32.4 Å². The van der Waals surface area contributed by atoms with Crippen LogP contribution in [0.4, 0.5) is 5.69 Å². The highest BCUT2D eigenvalue weighted by Gasteiger charge is 2.33. The van der Waals surface area contributed by atoms with Gasteiger partial charge < -0.3 is 19.5 Å². The second-order valence-electron chi connectivity index (χ2n) is 12.6. The van der Waals surface area contributed by atoms with Crippen molar-refractivity contribution in [3.8, 4) is 5.69 Å². The van der Waals surface area contributed by atoms with E-state index in [1.165, 1.54) is 0 Å². The Morgan fingerprint density at radius 1 is 1.02 bits per heavy atom. The second kappa shape index (κ2) is 15.4. The minimum Gasteiger partial charge on any atom is -0.588 e. The summed E-state index contributed by atoms with van der Waals surface area (Å²) in [5, 5.41) is 19.5. The smallest absolute Gasteiger partial charge is 0.274 e. The van der Waals surface area contributed by atoms with E-state index in [0.29, 0.717) is 65.0 Å². The predicted molar refractivity (Wildman–Crippen MR) is 188 cm³/mol. The number of hydrogen-bond donors (Lipinski definition) is 2. The number of hydrogen-bond acceptors (Lipinski definition) is 7.